The van der Waals surface area contributed by atoms with Crippen molar-refractivity contribution in [3.05, 3.63) is 0 Å². The van der Waals surface area contributed by atoms with Gasteiger partial charge in [-0.05, 0) is 0 Å². The van der Waals surface area contributed by atoms with Crippen molar-refractivity contribution in [3.8, 4) is 0 Å². The Labute approximate surface area is 122 Å². The summed E-state index contributed by atoms with van der Waals surface area (Å²) in [6.45, 7) is 0. The molecule has 0 aromatic carbocycles. The molecule has 17 heteroatoms. The van der Waals surface area contributed by atoms with Crippen LogP contribution >= 0.6 is 0 Å². The van der Waals surface area contributed by atoms with Crippen LogP contribution in [0, 0.1) is 0 Å². The van der Waals surface area contributed by atoms with E-state index in [9.17, 15) is 0 Å². The van der Waals surface area contributed by atoms with E-state index in [0.717, 1.165) is 0 Å². The first-order chi connectivity index (χ1) is 6.00. The first-order valence-electron chi connectivity index (χ1n) is 2.03. The summed E-state index contributed by atoms with van der Waals surface area (Å²) in [5, 5.41) is 0. The molecule has 2 radical (unpaired) electrons. The van der Waals surface area contributed by atoms with Gasteiger partial charge in [0.15, 0.2) is 0 Å². The van der Waals surface area contributed by atoms with Gasteiger partial charge in [-0.3, -0.25) is 0 Å². The second-order valence-corrected chi connectivity index (χ2v) is 5.21. The van der Waals surface area contributed by atoms with Crippen molar-refractivity contribution in [1.82, 2.24) is 0 Å². The van der Waals surface area contributed by atoms with Crippen molar-refractivity contribution < 1.29 is 123 Å². The zero-order valence-corrected chi connectivity index (χ0v) is 12.5. The van der Waals surface area contributed by atoms with E-state index in [0.29, 0.717) is 0 Å². The molecule has 0 aliphatic carbocycles. The Hall–Kier alpha value is 1.20. The normalized spacial score (nSPS) is 10.2. The molecule has 0 saturated heterocycles. The van der Waals surface area contributed by atoms with Gasteiger partial charge in [0.05, 0.1) is 0 Å². The summed E-state index contributed by atoms with van der Waals surface area (Å²) in [6, 6.07) is 0. The van der Waals surface area contributed by atoms with Gasteiger partial charge in [0.1, 0.15) is 0 Å². The van der Waals surface area contributed by atoms with E-state index in [1.54, 1.807) is 0 Å². The summed E-state index contributed by atoms with van der Waals surface area (Å²) < 4.78 is 101. The molecule has 114 valence electrons. The SMILES string of the molecule is [Cu+2].[Cu+2].[O]=[Cr](=[O])([O-])[O-].[O]=[Cr](=[O])([O-])[O-].[O]=[Cr](=[O])([OH])[OH]. The molecule has 0 rings (SSSR count). The van der Waals surface area contributed by atoms with Crippen molar-refractivity contribution in [1.29, 1.82) is 0 Å². The Morgan fingerprint density at radius 1 is 0.588 bits per heavy atom. The van der Waals surface area contributed by atoms with Crippen LogP contribution in [0.5, 0.6) is 0 Å². The summed E-state index contributed by atoms with van der Waals surface area (Å²) in [6.07, 6.45) is 0. The van der Waals surface area contributed by atoms with Crippen molar-refractivity contribution in [2.24, 2.45) is 0 Å². The number of hydrogen-bond acceptors (Lipinski definition) is 10. The Kier molecular flexibility index (Phi) is 22.3. The molecular weight excluding hydrogens is 475 g/mol. The molecule has 0 atom stereocenters. The Balaban J connectivity index is -0.0000000400. The summed E-state index contributed by atoms with van der Waals surface area (Å²) in [5.74, 6) is 0. The van der Waals surface area contributed by atoms with Crippen LogP contribution in [0.2, 0.25) is 0 Å². The van der Waals surface area contributed by atoms with Gasteiger partial charge in [-0.1, -0.05) is 0 Å². The van der Waals surface area contributed by atoms with Crippen LogP contribution in [0.4, 0.5) is 0 Å². The molecule has 17 heavy (non-hydrogen) atoms. The summed E-state index contributed by atoms with van der Waals surface area (Å²) >= 11 is -16.8. The van der Waals surface area contributed by atoms with E-state index < -0.39 is 40.8 Å². The number of rotatable bonds is 0. The van der Waals surface area contributed by atoms with E-state index in [1.807, 2.05) is 0 Å². The van der Waals surface area contributed by atoms with Crippen LogP contribution in [0.3, 0.4) is 0 Å². The second kappa shape index (κ2) is 12.2. The average Bonchev–Trinajstić information content (AvgIpc) is 1.41. The Bertz CT molecular complexity index is 341. The second-order valence-electron chi connectivity index (χ2n) is 1.26. The van der Waals surface area contributed by atoms with Gasteiger partial charge in [0.25, 0.3) is 0 Å². The Morgan fingerprint density at radius 3 is 0.588 bits per heavy atom. The van der Waals surface area contributed by atoms with E-state index in [4.69, 9.17) is 47.8 Å². The zero-order chi connectivity index (χ0) is 13.5. The molecule has 2 N–H and O–H groups in total. The van der Waals surface area contributed by atoms with Gasteiger partial charge >= 0.3 is 123 Å². The predicted molar refractivity (Wildman–Crippen MR) is 8.56 cm³/mol. The summed E-state index contributed by atoms with van der Waals surface area (Å²) in [5.41, 5.74) is 0. The fourth-order valence-electron chi connectivity index (χ4n) is 0. The van der Waals surface area contributed by atoms with E-state index >= 15 is 0 Å². The molecule has 0 spiro atoms. The molecule has 0 aromatic rings. The van der Waals surface area contributed by atoms with Crippen LogP contribution in [0.15, 0.2) is 0 Å². The van der Waals surface area contributed by atoms with Crippen molar-refractivity contribution in [2.45, 2.75) is 0 Å². The maximum absolute atomic E-state index is 8.82. The molecule has 0 bridgehead atoms. The van der Waals surface area contributed by atoms with Crippen LogP contribution in [0.1, 0.15) is 0 Å². The van der Waals surface area contributed by atoms with Crippen LogP contribution in [-0.4, -0.2) is 8.32 Å². The zero-order valence-electron chi connectivity index (χ0n) is 6.80. The third kappa shape index (κ3) is 2770. The fraction of sp³-hybridized carbons (Fsp3) is 0. The average molecular weight is 477 g/mol. The molecule has 0 aromatic heterocycles. The third-order valence-electron chi connectivity index (χ3n) is 0. The van der Waals surface area contributed by atoms with E-state index in [2.05, 4.69) is 0 Å². The molecular formula is H2Cr3Cu2O12. The van der Waals surface area contributed by atoms with Gasteiger partial charge in [0, 0.05) is 0 Å². The first-order valence-corrected chi connectivity index (χ1v) is 8.38. The summed E-state index contributed by atoms with van der Waals surface area (Å²) in [7, 11) is 0. The minimum atomic E-state index is -5.75. The molecule has 0 heterocycles. The van der Waals surface area contributed by atoms with E-state index in [-0.39, 0.29) is 34.1 Å². The quantitative estimate of drug-likeness (QED) is 0.310. The topological polar surface area (TPSA) is 235 Å². The molecule has 12 nitrogen and oxygen atoms in total. The number of hydrogen-bond donors (Lipinski definition) is 2. The Morgan fingerprint density at radius 2 is 0.588 bits per heavy atom. The standard InChI is InChI=1S/3Cr.2Cu.2H2O.10O/h;;;;;2*1H2;;;;;;;;;;/q;;3*+2;;;;;;;;;4*-1/p-2. The predicted octanol–water partition coefficient (Wildman–Crippen LogP) is -6.60. The van der Waals surface area contributed by atoms with Crippen LogP contribution in [0.25, 0.3) is 0 Å². The van der Waals surface area contributed by atoms with Crippen molar-refractivity contribution >= 4 is 0 Å². The van der Waals surface area contributed by atoms with Crippen molar-refractivity contribution in [3.63, 3.8) is 0 Å². The van der Waals surface area contributed by atoms with Gasteiger partial charge in [-0.2, -0.15) is 0 Å². The van der Waals surface area contributed by atoms with Gasteiger partial charge in [0.2, 0.25) is 0 Å². The monoisotopic (exact) mass is 476 g/mol. The van der Waals surface area contributed by atoms with E-state index in [1.165, 1.54) is 0 Å². The third-order valence-corrected chi connectivity index (χ3v) is 0. The van der Waals surface area contributed by atoms with Gasteiger partial charge < -0.3 is 0 Å². The fourth-order valence-corrected chi connectivity index (χ4v) is 0. The summed E-state index contributed by atoms with van der Waals surface area (Å²) in [4.78, 5) is 0. The first kappa shape index (κ1) is 30.9. The maximum atomic E-state index is 8.82. The minimum absolute atomic E-state index is 0. The molecule has 0 unspecified atom stereocenters. The molecule has 0 aliphatic heterocycles. The van der Waals surface area contributed by atoms with Crippen molar-refractivity contribution in [2.75, 3.05) is 0 Å². The van der Waals surface area contributed by atoms with Crippen LogP contribution in [-0.2, 0) is 97.8 Å². The molecule has 0 aliphatic rings. The molecule has 0 fully saturated rings. The van der Waals surface area contributed by atoms with Crippen LogP contribution < -0.4 is 16.6 Å². The van der Waals surface area contributed by atoms with Gasteiger partial charge in [-0.25, -0.2) is 0 Å². The molecule has 0 saturated carbocycles. The van der Waals surface area contributed by atoms with Gasteiger partial charge in [-0.15, -0.1) is 0 Å². The molecule has 0 amide bonds.